The van der Waals surface area contributed by atoms with Gasteiger partial charge in [-0.25, -0.2) is 4.39 Å². The number of anilines is 1. The molecule has 0 bridgehead atoms. The number of hydrogen-bond donors (Lipinski definition) is 0. The average Bonchev–Trinajstić information content (AvgIpc) is 2.74. The first-order valence-corrected chi connectivity index (χ1v) is 10.2. The second kappa shape index (κ2) is 9.27. The molecule has 0 unspecified atom stereocenters. The van der Waals surface area contributed by atoms with Crippen molar-refractivity contribution < 1.29 is 14.0 Å². The fourth-order valence-corrected chi connectivity index (χ4v) is 3.78. The lowest BCUT2D eigenvalue weighted by Gasteiger charge is -2.35. The maximum Gasteiger partial charge on any atom is 0.255 e. The zero-order valence-corrected chi connectivity index (χ0v) is 17.5. The molecule has 3 rings (SSSR count). The van der Waals surface area contributed by atoms with Crippen LogP contribution in [0.15, 0.2) is 42.5 Å². The molecule has 154 valence electrons. The number of nitrogens with zero attached hydrogens (tertiary/aromatic N) is 3. The van der Waals surface area contributed by atoms with E-state index in [0.29, 0.717) is 31.7 Å². The Morgan fingerprint density at radius 3 is 2.00 bits per heavy atom. The van der Waals surface area contributed by atoms with Crippen molar-refractivity contribution in [1.29, 1.82) is 0 Å². The van der Waals surface area contributed by atoms with E-state index in [0.717, 1.165) is 24.8 Å². The monoisotopic (exact) mass is 417 g/mol. The molecule has 0 atom stereocenters. The van der Waals surface area contributed by atoms with E-state index >= 15 is 0 Å². The molecule has 7 heteroatoms. The Morgan fingerprint density at radius 2 is 1.48 bits per heavy atom. The first-order valence-electron chi connectivity index (χ1n) is 9.83. The summed E-state index contributed by atoms with van der Waals surface area (Å²) in [5, 5.41) is 0.0989. The highest BCUT2D eigenvalue weighted by Crippen LogP contribution is 2.21. The highest BCUT2D eigenvalue weighted by Gasteiger charge is 2.26. The van der Waals surface area contributed by atoms with E-state index in [1.54, 1.807) is 9.80 Å². The lowest BCUT2D eigenvalue weighted by molar-refractivity contribution is 0.0535. The summed E-state index contributed by atoms with van der Waals surface area (Å²) in [5.41, 5.74) is 2.01. The maximum atomic E-state index is 13.2. The predicted octanol–water partition coefficient (Wildman–Crippen LogP) is 3.92. The van der Waals surface area contributed by atoms with Crippen molar-refractivity contribution in [3.8, 4) is 0 Å². The number of amides is 2. The van der Waals surface area contributed by atoms with Crippen LogP contribution in [0.3, 0.4) is 0 Å². The largest absolute Gasteiger partial charge is 0.372 e. The number of rotatable bonds is 5. The van der Waals surface area contributed by atoms with Gasteiger partial charge in [-0.15, -0.1) is 0 Å². The molecule has 2 aromatic rings. The lowest BCUT2D eigenvalue weighted by atomic mass is 10.1. The summed E-state index contributed by atoms with van der Waals surface area (Å²) in [6.07, 6.45) is 0. The summed E-state index contributed by atoms with van der Waals surface area (Å²) < 4.78 is 13.2. The van der Waals surface area contributed by atoms with E-state index in [4.69, 9.17) is 11.6 Å². The fraction of sp³-hybridized carbons (Fsp3) is 0.364. The van der Waals surface area contributed by atoms with Gasteiger partial charge in [-0.05, 0) is 56.3 Å². The third kappa shape index (κ3) is 4.70. The number of hydrogen-bond acceptors (Lipinski definition) is 3. The Balaban J connectivity index is 1.61. The Kier molecular flexibility index (Phi) is 6.75. The highest BCUT2D eigenvalue weighted by molar-refractivity contribution is 6.33. The normalized spacial score (nSPS) is 14.1. The van der Waals surface area contributed by atoms with Crippen molar-refractivity contribution >= 4 is 29.1 Å². The van der Waals surface area contributed by atoms with Gasteiger partial charge in [0.25, 0.3) is 11.8 Å². The Labute approximate surface area is 175 Å². The fourth-order valence-electron chi connectivity index (χ4n) is 3.53. The van der Waals surface area contributed by atoms with Crippen LogP contribution in [0.5, 0.6) is 0 Å². The molecule has 1 aliphatic rings. The number of halogens is 2. The van der Waals surface area contributed by atoms with Gasteiger partial charge in [-0.3, -0.25) is 9.59 Å². The first-order chi connectivity index (χ1) is 13.9. The third-order valence-electron chi connectivity index (χ3n) is 5.26. The van der Waals surface area contributed by atoms with Crippen molar-refractivity contribution in [3.05, 3.63) is 64.4 Å². The summed E-state index contributed by atoms with van der Waals surface area (Å²) in [4.78, 5) is 31.1. The number of piperazine rings is 1. The minimum absolute atomic E-state index is 0.0389. The summed E-state index contributed by atoms with van der Waals surface area (Å²) in [6, 6.07) is 11.4. The zero-order valence-electron chi connectivity index (χ0n) is 16.7. The first kappa shape index (κ1) is 21.1. The van der Waals surface area contributed by atoms with Crippen LogP contribution in [-0.2, 0) is 0 Å². The van der Waals surface area contributed by atoms with Gasteiger partial charge < -0.3 is 14.7 Å². The van der Waals surface area contributed by atoms with Crippen molar-refractivity contribution in [2.24, 2.45) is 0 Å². The van der Waals surface area contributed by atoms with E-state index in [2.05, 4.69) is 18.7 Å². The number of carbonyl (C=O) groups excluding carboxylic acids is 2. The number of carbonyl (C=O) groups is 2. The Bertz CT molecular complexity index is 876. The van der Waals surface area contributed by atoms with Crippen LogP contribution >= 0.6 is 11.6 Å². The average molecular weight is 418 g/mol. The summed E-state index contributed by atoms with van der Waals surface area (Å²) in [5.74, 6) is -0.761. The van der Waals surface area contributed by atoms with Crippen LogP contribution in [0.1, 0.15) is 34.6 Å². The summed E-state index contributed by atoms with van der Waals surface area (Å²) in [7, 11) is 0. The summed E-state index contributed by atoms with van der Waals surface area (Å²) in [6.45, 7) is 7.74. The molecule has 0 N–H and O–H groups in total. The molecular weight excluding hydrogens is 393 g/mol. The van der Waals surface area contributed by atoms with E-state index in [-0.39, 0.29) is 22.4 Å². The van der Waals surface area contributed by atoms with Crippen LogP contribution in [0.2, 0.25) is 5.02 Å². The highest BCUT2D eigenvalue weighted by atomic mass is 35.5. The van der Waals surface area contributed by atoms with E-state index < -0.39 is 5.82 Å². The Morgan fingerprint density at radius 1 is 0.931 bits per heavy atom. The minimum Gasteiger partial charge on any atom is -0.372 e. The minimum atomic E-state index is -0.478. The molecule has 0 spiro atoms. The van der Waals surface area contributed by atoms with Gasteiger partial charge in [-0.2, -0.15) is 0 Å². The molecular formula is C22H25ClFN3O2. The van der Waals surface area contributed by atoms with E-state index in [1.807, 2.05) is 24.3 Å². The zero-order chi connectivity index (χ0) is 21.0. The molecule has 1 aliphatic heterocycles. The SMILES string of the molecule is CCN(CC)c1ccc(C(=O)N2CCN(C(=O)c3ccc(F)cc3Cl)CC2)cc1. The molecule has 2 amide bonds. The molecule has 0 radical (unpaired) electrons. The van der Waals surface area contributed by atoms with Gasteiger partial charge in [0.05, 0.1) is 10.6 Å². The molecule has 1 heterocycles. The second-order valence-corrected chi connectivity index (χ2v) is 7.33. The molecule has 0 saturated carbocycles. The van der Waals surface area contributed by atoms with Crippen LogP contribution in [0.4, 0.5) is 10.1 Å². The molecule has 29 heavy (non-hydrogen) atoms. The number of benzene rings is 2. The van der Waals surface area contributed by atoms with Crippen LogP contribution < -0.4 is 4.90 Å². The van der Waals surface area contributed by atoms with Crippen molar-refractivity contribution in [1.82, 2.24) is 9.80 Å². The smallest absolute Gasteiger partial charge is 0.255 e. The second-order valence-electron chi connectivity index (χ2n) is 6.93. The lowest BCUT2D eigenvalue weighted by Crippen LogP contribution is -2.50. The topological polar surface area (TPSA) is 43.9 Å². The standard InChI is InChI=1S/C22H25ClFN3O2/c1-3-25(4-2)18-8-5-16(6-9-18)21(28)26-11-13-27(14-12-26)22(29)19-10-7-17(24)15-20(19)23/h5-10,15H,3-4,11-14H2,1-2H3. The van der Waals surface area contributed by atoms with Gasteiger partial charge in [0, 0.05) is 50.5 Å². The van der Waals surface area contributed by atoms with Crippen molar-refractivity contribution in [3.63, 3.8) is 0 Å². The van der Waals surface area contributed by atoms with Gasteiger partial charge in [0.2, 0.25) is 0 Å². The molecule has 0 aromatic heterocycles. The van der Waals surface area contributed by atoms with Crippen molar-refractivity contribution in [2.45, 2.75) is 13.8 Å². The van der Waals surface area contributed by atoms with Gasteiger partial charge >= 0.3 is 0 Å². The molecule has 1 fully saturated rings. The van der Waals surface area contributed by atoms with Crippen LogP contribution in [0.25, 0.3) is 0 Å². The molecule has 5 nitrogen and oxygen atoms in total. The molecule has 1 saturated heterocycles. The van der Waals surface area contributed by atoms with E-state index in [9.17, 15) is 14.0 Å². The van der Waals surface area contributed by atoms with Crippen molar-refractivity contribution in [2.75, 3.05) is 44.2 Å². The summed E-state index contributed by atoms with van der Waals surface area (Å²) >= 11 is 6.00. The van der Waals surface area contributed by atoms with Gasteiger partial charge in [0.15, 0.2) is 0 Å². The van der Waals surface area contributed by atoms with E-state index in [1.165, 1.54) is 12.1 Å². The molecule has 2 aromatic carbocycles. The van der Waals surface area contributed by atoms with Gasteiger partial charge in [-0.1, -0.05) is 11.6 Å². The van der Waals surface area contributed by atoms with Gasteiger partial charge in [0.1, 0.15) is 5.82 Å². The maximum absolute atomic E-state index is 13.2. The Hall–Kier alpha value is -2.60. The molecule has 0 aliphatic carbocycles. The third-order valence-corrected chi connectivity index (χ3v) is 5.57. The van der Waals surface area contributed by atoms with Crippen LogP contribution in [-0.4, -0.2) is 60.9 Å². The quantitative estimate of drug-likeness (QED) is 0.740. The van der Waals surface area contributed by atoms with Crippen LogP contribution in [0, 0.1) is 5.82 Å². The predicted molar refractivity (Wildman–Crippen MR) is 113 cm³/mol.